The van der Waals surface area contributed by atoms with Gasteiger partial charge < -0.3 is 21.5 Å². The molecule has 0 saturated heterocycles. The third-order valence-electron chi connectivity index (χ3n) is 4.94. The zero-order valence-electron chi connectivity index (χ0n) is 17.5. The fourth-order valence-electron chi connectivity index (χ4n) is 3.44. The number of aromatic nitrogens is 3. The molecule has 3 rings (SSSR count). The first-order chi connectivity index (χ1) is 14.3. The monoisotopic (exact) mass is 418 g/mol. The molecule has 162 valence electrons. The Morgan fingerprint density at radius 3 is 2.67 bits per heavy atom. The Morgan fingerprint density at radius 1 is 1.30 bits per heavy atom. The lowest BCUT2D eigenvalue weighted by molar-refractivity contribution is -0.0361. The second kappa shape index (κ2) is 9.19. The number of anilines is 2. The molecule has 0 aliphatic heterocycles. The summed E-state index contributed by atoms with van der Waals surface area (Å²) in [7, 11) is 1.67. The van der Waals surface area contributed by atoms with E-state index in [1.165, 1.54) is 6.21 Å². The zero-order valence-corrected chi connectivity index (χ0v) is 17.5. The Labute approximate surface area is 174 Å². The van der Waals surface area contributed by atoms with E-state index in [2.05, 4.69) is 31.2 Å². The number of aryl methyl sites for hydroxylation is 2. The molecule has 0 spiro atoms. The smallest absolute Gasteiger partial charge is 0.248 e. The van der Waals surface area contributed by atoms with Crippen LogP contribution < -0.4 is 16.1 Å². The first-order valence-electron chi connectivity index (χ1n) is 9.97. The van der Waals surface area contributed by atoms with Crippen molar-refractivity contribution >= 4 is 23.4 Å². The maximum Gasteiger partial charge on any atom is 0.248 e. The summed E-state index contributed by atoms with van der Waals surface area (Å²) in [6.07, 6.45) is 1.99. The lowest BCUT2D eigenvalue weighted by Gasteiger charge is -2.29. The molecule has 4 N–H and O–H groups in total. The molecule has 0 atom stereocenters. The second-order valence-corrected chi connectivity index (χ2v) is 7.57. The van der Waals surface area contributed by atoms with Crippen molar-refractivity contribution in [3.05, 3.63) is 29.6 Å². The maximum absolute atomic E-state index is 13.5. The Hall–Kier alpha value is -3.04. The van der Waals surface area contributed by atoms with Gasteiger partial charge in [0.05, 0.1) is 24.2 Å². The highest BCUT2D eigenvalue weighted by Gasteiger charge is 2.35. The number of pyridine rings is 1. The minimum absolute atomic E-state index is 0.0539. The van der Waals surface area contributed by atoms with Gasteiger partial charge in [-0.1, -0.05) is 0 Å². The van der Waals surface area contributed by atoms with Crippen LogP contribution in [0.1, 0.15) is 37.1 Å². The van der Waals surface area contributed by atoms with Crippen molar-refractivity contribution in [2.24, 2.45) is 5.10 Å². The molecular formula is C20H28F2N8. The summed E-state index contributed by atoms with van der Waals surface area (Å²) in [5.74, 6) is -1.36. The van der Waals surface area contributed by atoms with E-state index in [4.69, 9.17) is 5.41 Å². The van der Waals surface area contributed by atoms with Gasteiger partial charge in [-0.15, -0.1) is 0 Å². The fourth-order valence-corrected chi connectivity index (χ4v) is 3.44. The Morgan fingerprint density at radius 2 is 2.03 bits per heavy atom. The molecule has 1 fully saturated rings. The van der Waals surface area contributed by atoms with Gasteiger partial charge in [0.1, 0.15) is 5.82 Å². The van der Waals surface area contributed by atoms with Crippen molar-refractivity contribution in [2.75, 3.05) is 24.2 Å². The Balaban J connectivity index is 1.82. The standard InChI is InChI=1S/C20H28F2N8/c1-13-8-14(2)30(29-13)19-10-17(25-11-15(23)12-26-24-3)9-18(28-19)27-16-4-6-20(21,22)7-5-16/h8-10,12,16,23-24H,4-7,11H2,1-3H3,(H2,25,27,28)/b23-15?,26-12-. The largest absolute Gasteiger partial charge is 0.379 e. The molecule has 1 aliphatic carbocycles. The van der Waals surface area contributed by atoms with Gasteiger partial charge in [-0.05, 0) is 32.8 Å². The highest BCUT2D eigenvalue weighted by molar-refractivity contribution is 6.30. The summed E-state index contributed by atoms with van der Waals surface area (Å²) >= 11 is 0. The molecular weight excluding hydrogens is 390 g/mol. The third-order valence-corrected chi connectivity index (χ3v) is 4.94. The van der Waals surface area contributed by atoms with Crippen LogP contribution in [0.15, 0.2) is 23.3 Å². The average Bonchev–Trinajstić information content (AvgIpc) is 3.04. The van der Waals surface area contributed by atoms with Gasteiger partial charge in [-0.2, -0.15) is 10.2 Å². The van der Waals surface area contributed by atoms with Crippen LogP contribution in [0.25, 0.3) is 5.82 Å². The van der Waals surface area contributed by atoms with Crippen LogP contribution in [0.4, 0.5) is 20.3 Å². The zero-order chi connectivity index (χ0) is 21.7. The van der Waals surface area contributed by atoms with E-state index in [1.807, 2.05) is 32.0 Å². The van der Waals surface area contributed by atoms with Gasteiger partial charge in [0.2, 0.25) is 5.92 Å². The van der Waals surface area contributed by atoms with Crippen molar-refractivity contribution in [3.63, 3.8) is 0 Å². The van der Waals surface area contributed by atoms with E-state index < -0.39 is 5.92 Å². The van der Waals surface area contributed by atoms with Crippen LogP contribution in [0, 0.1) is 19.3 Å². The number of halogens is 2. The van der Waals surface area contributed by atoms with Crippen molar-refractivity contribution in [2.45, 2.75) is 51.5 Å². The van der Waals surface area contributed by atoms with Gasteiger partial charge >= 0.3 is 0 Å². The van der Waals surface area contributed by atoms with E-state index >= 15 is 0 Å². The quantitative estimate of drug-likeness (QED) is 0.388. The molecule has 30 heavy (non-hydrogen) atoms. The number of nitrogens with one attached hydrogen (secondary N) is 4. The van der Waals surface area contributed by atoms with Crippen molar-refractivity contribution in [3.8, 4) is 5.82 Å². The predicted octanol–water partition coefficient (Wildman–Crippen LogP) is 3.51. The molecule has 10 heteroatoms. The maximum atomic E-state index is 13.5. The Kier molecular flexibility index (Phi) is 6.63. The summed E-state index contributed by atoms with van der Waals surface area (Å²) in [5.41, 5.74) is 5.48. The summed E-state index contributed by atoms with van der Waals surface area (Å²) in [6.45, 7) is 4.14. The van der Waals surface area contributed by atoms with Gasteiger partial charge in [-0.3, -0.25) is 0 Å². The molecule has 1 saturated carbocycles. The van der Waals surface area contributed by atoms with Crippen molar-refractivity contribution in [1.82, 2.24) is 20.2 Å². The highest BCUT2D eigenvalue weighted by atomic mass is 19.3. The molecule has 0 bridgehead atoms. The van der Waals surface area contributed by atoms with E-state index in [0.29, 0.717) is 30.2 Å². The van der Waals surface area contributed by atoms with E-state index in [0.717, 1.165) is 17.1 Å². The van der Waals surface area contributed by atoms with Crippen LogP contribution in [0.5, 0.6) is 0 Å². The second-order valence-electron chi connectivity index (χ2n) is 7.57. The lowest BCUT2D eigenvalue weighted by Crippen LogP contribution is -2.32. The Bertz CT molecular complexity index is 912. The summed E-state index contributed by atoms with van der Waals surface area (Å²) < 4.78 is 28.7. The molecule has 1 aliphatic rings. The third kappa shape index (κ3) is 5.74. The van der Waals surface area contributed by atoms with Crippen molar-refractivity contribution < 1.29 is 8.78 Å². The van der Waals surface area contributed by atoms with Gasteiger partial charge in [0.15, 0.2) is 5.82 Å². The average molecular weight is 418 g/mol. The number of alkyl halides is 2. The molecule has 0 amide bonds. The fraction of sp³-hybridized carbons (Fsp3) is 0.500. The van der Waals surface area contributed by atoms with Crippen LogP contribution in [-0.4, -0.2) is 52.2 Å². The minimum atomic E-state index is -2.57. The highest BCUT2D eigenvalue weighted by Crippen LogP contribution is 2.34. The van der Waals surface area contributed by atoms with Crippen LogP contribution in [0.3, 0.4) is 0 Å². The minimum Gasteiger partial charge on any atom is -0.379 e. The molecule has 0 radical (unpaired) electrons. The van der Waals surface area contributed by atoms with Crippen LogP contribution in [0.2, 0.25) is 0 Å². The molecule has 2 aromatic rings. The SMILES string of the molecule is CN/N=C\C(=N)CNc1cc(NC2CCC(F)(F)CC2)nc(-n2nc(C)cc2C)c1. The number of hydrogen-bond acceptors (Lipinski definition) is 7. The molecule has 0 unspecified atom stereocenters. The van der Waals surface area contributed by atoms with E-state index in [1.54, 1.807) is 11.7 Å². The molecule has 2 heterocycles. The number of nitrogens with zero attached hydrogens (tertiary/aromatic N) is 4. The van der Waals surface area contributed by atoms with Crippen molar-refractivity contribution in [1.29, 1.82) is 5.41 Å². The molecule has 8 nitrogen and oxygen atoms in total. The summed E-state index contributed by atoms with van der Waals surface area (Å²) in [4.78, 5) is 4.66. The summed E-state index contributed by atoms with van der Waals surface area (Å²) in [5, 5.41) is 22.7. The predicted molar refractivity (Wildman–Crippen MR) is 115 cm³/mol. The van der Waals surface area contributed by atoms with Gasteiger partial charge in [0.25, 0.3) is 0 Å². The number of hydrogen-bond donors (Lipinski definition) is 4. The first kappa shape index (κ1) is 21.7. The topological polar surface area (TPSA) is 103 Å². The summed E-state index contributed by atoms with van der Waals surface area (Å²) in [6, 6.07) is 5.58. The van der Waals surface area contributed by atoms with E-state index in [-0.39, 0.29) is 25.4 Å². The van der Waals surface area contributed by atoms with E-state index in [9.17, 15) is 8.78 Å². The van der Waals surface area contributed by atoms with Gasteiger partial charge in [-0.25, -0.2) is 18.4 Å². The van der Waals surface area contributed by atoms with Crippen LogP contribution in [-0.2, 0) is 0 Å². The van der Waals surface area contributed by atoms with Crippen LogP contribution >= 0.6 is 0 Å². The molecule has 0 aromatic carbocycles. The number of rotatable bonds is 8. The lowest BCUT2D eigenvalue weighted by atomic mass is 9.92. The first-order valence-corrected chi connectivity index (χ1v) is 9.97. The molecule has 2 aromatic heterocycles. The van der Waals surface area contributed by atoms with Gasteiger partial charge in [0, 0.05) is 49.4 Å². The number of hydrazone groups is 1. The normalized spacial score (nSPS) is 16.6.